The molecule has 2 fully saturated rings. The minimum Gasteiger partial charge on any atom is -0.381 e. The average Bonchev–Trinajstić information content (AvgIpc) is 2.41. The average molecular weight is 269 g/mol. The minimum absolute atomic E-state index is 0.855. The van der Waals surface area contributed by atoms with Crippen molar-refractivity contribution in [2.45, 2.75) is 65.3 Å². The predicted molar refractivity (Wildman–Crippen MR) is 83.5 cm³/mol. The molecule has 0 bridgehead atoms. The second kappa shape index (κ2) is 8.97. The SMILES string of the molecule is CC(C)C1CCOCC1.CC1CCC(N(C)C)CC1. The Hall–Kier alpha value is -0.0800. The molecule has 0 amide bonds. The van der Waals surface area contributed by atoms with Crippen molar-refractivity contribution >= 4 is 0 Å². The molecule has 1 saturated heterocycles. The van der Waals surface area contributed by atoms with Crippen molar-refractivity contribution < 1.29 is 4.74 Å². The van der Waals surface area contributed by atoms with Crippen LogP contribution in [0.3, 0.4) is 0 Å². The quantitative estimate of drug-likeness (QED) is 0.745. The summed E-state index contributed by atoms with van der Waals surface area (Å²) in [4.78, 5) is 2.37. The molecule has 114 valence electrons. The van der Waals surface area contributed by atoms with E-state index >= 15 is 0 Å². The predicted octanol–water partition coefficient (Wildman–Crippen LogP) is 4.20. The van der Waals surface area contributed by atoms with Gasteiger partial charge in [-0.15, -0.1) is 0 Å². The molecule has 1 saturated carbocycles. The molecular weight excluding hydrogens is 234 g/mol. The fourth-order valence-electron chi connectivity index (χ4n) is 3.14. The Bertz CT molecular complexity index is 213. The van der Waals surface area contributed by atoms with Gasteiger partial charge in [-0.3, -0.25) is 0 Å². The van der Waals surface area contributed by atoms with Crippen molar-refractivity contribution in [2.75, 3.05) is 27.3 Å². The Labute approximate surface area is 120 Å². The van der Waals surface area contributed by atoms with Gasteiger partial charge in [0.1, 0.15) is 0 Å². The lowest BCUT2D eigenvalue weighted by Crippen LogP contribution is -2.31. The number of nitrogens with zero attached hydrogens (tertiary/aromatic N) is 1. The van der Waals surface area contributed by atoms with Crippen LogP contribution in [-0.4, -0.2) is 38.3 Å². The lowest BCUT2D eigenvalue weighted by molar-refractivity contribution is 0.0523. The summed E-state index contributed by atoms with van der Waals surface area (Å²) < 4.78 is 5.25. The number of hydrogen-bond donors (Lipinski definition) is 0. The van der Waals surface area contributed by atoms with Crippen LogP contribution in [0.1, 0.15) is 59.3 Å². The molecule has 0 atom stereocenters. The minimum atomic E-state index is 0.855. The summed E-state index contributed by atoms with van der Waals surface area (Å²) in [6.07, 6.45) is 8.24. The molecule has 0 N–H and O–H groups in total. The van der Waals surface area contributed by atoms with Gasteiger partial charge in [0.2, 0.25) is 0 Å². The van der Waals surface area contributed by atoms with Gasteiger partial charge in [0.05, 0.1) is 0 Å². The molecular formula is C17H35NO. The molecule has 19 heavy (non-hydrogen) atoms. The summed E-state index contributed by atoms with van der Waals surface area (Å²) in [5.74, 6) is 2.77. The molecule has 0 aromatic heterocycles. The standard InChI is InChI=1S/C9H19N.C8H16O/c1-8-4-6-9(7-5-8)10(2)3;1-7(2)8-3-5-9-6-4-8/h8-9H,4-7H2,1-3H3;7-8H,3-6H2,1-2H3. The Morgan fingerprint density at radius 1 is 0.895 bits per heavy atom. The van der Waals surface area contributed by atoms with Gasteiger partial charge in [-0.2, -0.15) is 0 Å². The van der Waals surface area contributed by atoms with Gasteiger partial charge in [0, 0.05) is 19.3 Å². The molecule has 0 radical (unpaired) electrons. The van der Waals surface area contributed by atoms with Crippen molar-refractivity contribution in [1.29, 1.82) is 0 Å². The van der Waals surface area contributed by atoms with Crippen LogP contribution < -0.4 is 0 Å². The van der Waals surface area contributed by atoms with E-state index in [1.54, 1.807) is 0 Å². The molecule has 2 rings (SSSR count). The van der Waals surface area contributed by atoms with E-state index in [2.05, 4.69) is 39.8 Å². The molecule has 2 aliphatic rings. The molecule has 2 nitrogen and oxygen atoms in total. The van der Waals surface area contributed by atoms with Gasteiger partial charge in [-0.05, 0) is 70.4 Å². The van der Waals surface area contributed by atoms with Gasteiger partial charge < -0.3 is 9.64 Å². The first-order valence-electron chi connectivity index (χ1n) is 8.24. The lowest BCUT2D eigenvalue weighted by Gasteiger charge is -2.30. The smallest absolute Gasteiger partial charge is 0.0468 e. The van der Waals surface area contributed by atoms with Crippen LogP contribution in [0.4, 0.5) is 0 Å². The molecule has 1 aliphatic heterocycles. The zero-order chi connectivity index (χ0) is 14.3. The van der Waals surface area contributed by atoms with E-state index in [0.29, 0.717) is 0 Å². The van der Waals surface area contributed by atoms with Crippen LogP contribution in [-0.2, 0) is 4.74 Å². The van der Waals surface area contributed by atoms with Gasteiger partial charge in [-0.1, -0.05) is 20.8 Å². The van der Waals surface area contributed by atoms with Gasteiger partial charge in [-0.25, -0.2) is 0 Å². The summed E-state index contributed by atoms with van der Waals surface area (Å²) in [6.45, 7) is 8.95. The Morgan fingerprint density at radius 2 is 1.42 bits per heavy atom. The fourth-order valence-corrected chi connectivity index (χ4v) is 3.14. The Morgan fingerprint density at radius 3 is 1.79 bits per heavy atom. The second-order valence-corrected chi connectivity index (χ2v) is 7.07. The molecule has 0 unspecified atom stereocenters. The van der Waals surface area contributed by atoms with E-state index in [1.165, 1.54) is 38.5 Å². The first kappa shape index (κ1) is 17.0. The maximum Gasteiger partial charge on any atom is 0.0468 e. The third-order valence-electron chi connectivity index (χ3n) is 4.92. The van der Waals surface area contributed by atoms with Gasteiger partial charge >= 0.3 is 0 Å². The first-order valence-corrected chi connectivity index (χ1v) is 8.24. The molecule has 0 spiro atoms. The number of hydrogen-bond acceptors (Lipinski definition) is 2. The molecule has 1 heterocycles. The maximum absolute atomic E-state index is 5.25. The van der Waals surface area contributed by atoms with Crippen LogP contribution in [0.5, 0.6) is 0 Å². The van der Waals surface area contributed by atoms with Crippen LogP contribution >= 0.6 is 0 Å². The summed E-state index contributed by atoms with van der Waals surface area (Å²) >= 11 is 0. The number of ether oxygens (including phenoxy) is 1. The van der Waals surface area contributed by atoms with Gasteiger partial charge in [0.25, 0.3) is 0 Å². The van der Waals surface area contributed by atoms with Crippen LogP contribution in [0.15, 0.2) is 0 Å². The van der Waals surface area contributed by atoms with Crippen molar-refractivity contribution in [1.82, 2.24) is 4.90 Å². The van der Waals surface area contributed by atoms with Crippen LogP contribution in [0.2, 0.25) is 0 Å². The van der Waals surface area contributed by atoms with Crippen molar-refractivity contribution in [2.24, 2.45) is 17.8 Å². The fraction of sp³-hybridized carbons (Fsp3) is 1.00. The first-order chi connectivity index (χ1) is 9.00. The normalized spacial score (nSPS) is 29.2. The largest absolute Gasteiger partial charge is 0.381 e. The summed E-state index contributed by atoms with van der Waals surface area (Å²) in [6, 6.07) is 0.871. The van der Waals surface area contributed by atoms with E-state index in [0.717, 1.165) is 37.0 Å². The van der Waals surface area contributed by atoms with Gasteiger partial charge in [0.15, 0.2) is 0 Å². The van der Waals surface area contributed by atoms with E-state index in [1.807, 2.05) is 0 Å². The van der Waals surface area contributed by atoms with Crippen molar-refractivity contribution in [3.8, 4) is 0 Å². The molecule has 0 aromatic carbocycles. The molecule has 0 aromatic rings. The highest BCUT2D eigenvalue weighted by Gasteiger charge is 2.19. The number of rotatable bonds is 2. The Kier molecular flexibility index (Phi) is 8.01. The van der Waals surface area contributed by atoms with E-state index in [-0.39, 0.29) is 0 Å². The van der Waals surface area contributed by atoms with E-state index in [4.69, 9.17) is 4.74 Å². The Balaban J connectivity index is 0.000000191. The topological polar surface area (TPSA) is 12.5 Å². The maximum atomic E-state index is 5.25. The summed E-state index contributed by atoms with van der Waals surface area (Å²) in [7, 11) is 4.39. The van der Waals surface area contributed by atoms with E-state index < -0.39 is 0 Å². The second-order valence-electron chi connectivity index (χ2n) is 7.07. The summed E-state index contributed by atoms with van der Waals surface area (Å²) in [5, 5.41) is 0. The third kappa shape index (κ3) is 6.76. The molecule has 1 aliphatic carbocycles. The zero-order valence-electron chi connectivity index (χ0n) is 13.8. The van der Waals surface area contributed by atoms with Crippen LogP contribution in [0, 0.1) is 17.8 Å². The lowest BCUT2D eigenvalue weighted by atomic mass is 9.87. The highest BCUT2D eigenvalue weighted by molar-refractivity contribution is 4.74. The zero-order valence-corrected chi connectivity index (χ0v) is 13.8. The van der Waals surface area contributed by atoms with Crippen molar-refractivity contribution in [3.05, 3.63) is 0 Å². The van der Waals surface area contributed by atoms with Crippen molar-refractivity contribution in [3.63, 3.8) is 0 Å². The summed E-state index contributed by atoms with van der Waals surface area (Å²) in [5.41, 5.74) is 0. The highest BCUT2D eigenvalue weighted by Crippen LogP contribution is 2.25. The molecule has 2 heteroatoms. The van der Waals surface area contributed by atoms with E-state index in [9.17, 15) is 0 Å². The highest BCUT2D eigenvalue weighted by atomic mass is 16.5. The monoisotopic (exact) mass is 269 g/mol. The third-order valence-corrected chi connectivity index (χ3v) is 4.92. The van der Waals surface area contributed by atoms with Crippen LogP contribution in [0.25, 0.3) is 0 Å².